The quantitative estimate of drug-likeness (QED) is 0.541. The summed E-state index contributed by atoms with van der Waals surface area (Å²) in [5, 5.41) is 5.51. The largest absolute Gasteiger partial charge is 0.493 e. The first-order valence-electron chi connectivity index (χ1n) is 7.93. The van der Waals surface area contributed by atoms with Gasteiger partial charge in [-0.05, 0) is 35.6 Å². The van der Waals surface area contributed by atoms with Crippen LogP contribution in [0.5, 0.6) is 11.5 Å². The van der Waals surface area contributed by atoms with Crippen LogP contribution in [0.4, 0.5) is 0 Å². The Labute approximate surface area is 161 Å². The monoisotopic (exact) mass is 425 g/mol. The van der Waals surface area contributed by atoms with Gasteiger partial charge in [0.15, 0.2) is 17.5 Å². The lowest BCUT2D eigenvalue weighted by Crippen LogP contribution is -2.39. The summed E-state index contributed by atoms with van der Waals surface area (Å²) in [4.78, 5) is 7.89. The molecule has 1 aromatic heterocycles. The van der Waals surface area contributed by atoms with Crippen LogP contribution in [0.2, 0.25) is 0 Å². The van der Waals surface area contributed by atoms with Crippen molar-refractivity contribution in [2.24, 2.45) is 4.99 Å². The summed E-state index contributed by atoms with van der Waals surface area (Å²) in [5.74, 6) is 2.28. The standard InChI is InChI=1S/C18H24BrN3O2S/c1-20-18(22(2)8-7-14-6-5-9-25-14)21-12-13-10-16(23-3)17(24-4)11-15(13)19/h5-6,9-11H,7-8,12H2,1-4H3,(H,20,21). The van der Waals surface area contributed by atoms with Crippen molar-refractivity contribution >= 4 is 33.2 Å². The number of hydrogen-bond donors (Lipinski definition) is 1. The van der Waals surface area contributed by atoms with E-state index < -0.39 is 0 Å². The molecule has 5 nitrogen and oxygen atoms in total. The van der Waals surface area contributed by atoms with Crippen molar-refractivity contribution in [3.05, 3.63) is 44.6 Å². The highest BCUT2D eigenvalue weighted by molar-refractivity contribution is 9.10. The average Bonchev–Trinajstić information content (AvgIpc) is 3.14. The fourth-order valence-corrected chi connectivity index (χ4v) is 3.59. The second kappa shape index (κ2) is 9.68. The number of thiophene rings is 1. The number of halogens is 1. The predicted molar refractivity (Wildman–Crippen MR) is 108 cm³/mol. The van der Waals surface area contributed by atoms with E-state index in [1.807, 2.05) is 19.2 Å². The molecule has 1 heterocycles. The van der Waals surface area contributed by atoms with Gasteiger partial charge >= 0.3 is 0 Å². The molecule has 0 aliphatic heterocycles. The molecule has 1 N–H and O–H groups in total. The van der Waals surface area contributed by atoms with Gasteiger partial charge in [-0.2, -0.15) is 0 Å². The van der Waals surface area contributed by atoms with Crippen LogP contribution in [-0.2, 0) is 13.0 Å². The minimum atomic E-state index is 0.636. The molecular weight excluding hydrogens is 402 g/mol. The molecule has 0 unspecified atom stereocenters. The molecule has 0 saturated carbocycles. The Kier molecular flexibility index (Phi) is 7.58. The SMILES string of the molecule is CN=C(NCc1cc(OC)c(OC)cc1Br)N(C)CCc1cccs1. The summed E-state index contributed by atoms with van der Waals surface area (Å²) < 4.78 is 11.7. The maximum atomic E-state index is 5.38. The Morgan fingerprint density at radius 3 is 2.60 bits per heavy atom. The van der Waals surface area contributed by atoms with Gasteiger partial charge in [0.05, 0.1) is 14.2 Å². The zero-order chi connectivity index (χ0) is 18.2. The summed E-state index contributed by atoms with van der Waals surface area (Å²) in [5.41, 5.74) is 1.07. The molecule has 0 bridgehead atoms. The van der Waals surface area contributed by atoms with Gasteiger partial charge in [-0.3, -0.25) is 4.99 Å². The Hall–Kier alpha value is -1.73. The molecular formula is C18H24BrN3O2S. The third-order valence-electron chi connectivity index (χ3n) is 3.84. The number of benzene rings is 1. The number of guanidine groups is 1. The Balaban J connectivity index is 1.98. The van der Waals surface area contributed by atoms with Crippen molar-refractivity contribution in [3.63, 3.8) is 0 Å². The van der Waals surface area contributed by atoms with Gasteiger partial charge in [0.2, 0.25) is 0 Å². The number of methoxy groups -OCH3 is 2. The number of likely N-dealkylation sites (N-methyl/N-ethyl adjacent to an activating group) is 1. The van der Waals surface area contributed by atoms with Crippen LogP contribution in [0, 0.1) is 0 Å². The molecule has 0 aliphatic rings. The normalized spacial score (nSPS) is 11.3. The first-order valence-corrected chi connectivity index (χ1v) is 9.60. The number of nitrogens with one attached hydrogen (secondary N) is 1. The Bertz CT molecular complexity index is 705. The molecule has 25 heavy (non-hydrogen) atoms. The maximum absolute atomic E-state index is 5.38. The number of hydrogen-bond acceptors (Lipinski definition) is 4. The van der Waals surface area contributed by atoms with E-state index in [0.29, 0.717) is 18.0 Å². The predicted octanol–water partition coefficient (Wildman–Crippen LogP) is 3.78. The first-order chi connectivity index (χ1) is 12.1. The van der Waals surface area contributed by atoms with Crippen LogP contribution in [0.15, 0.2) is 39.1 Å². The van der Waals surface area contributed by atoms with E-state index in [1.165, 1.54) is 4.88 Å². The molecule has 0 atom stereocenters. The molecule has 0 radical (unpaired) electrons. The van der Waals surface area contributed by atoms with E-state index in [9.17, 15) is 0 Å². The summed E-state index contributed by atoms with van der Waals surface area (Å²) >= 11 is 5.37. The molecule has 2 rings (SSSR count). The van der Waals surface area contributed by atoms with Crippen molar-refractivity contribution in [2.45, 2.75) is 13.0 Å². The number of nitrogens with zero attached hydrogens (tertiary/aromatic N) is 2. The lowest BCUT2D eigenvalue weighted by Gasteiger charge is -2.22. The molecule has 7 heteroatoms. The van der Waals surface area contributed by atoms with Crippen LogP contribution in [0.25, 0.3) is 0 Å². The van der Waals surface area contributed by atoms with E-state index in [-0.39, 0.29) is 0 Å². The molecule has 0 amide bonds. The van der Waals surface area contributed by atoms with Crippen molar-refractivity contribution in [1.29, 1.82) is 0 Å². The molecule has 2 aromatic rings. The van der Waals surface area contributed by atoms with Crippen molar-refractivity contribution in [1.82, 2.24) is 10.2 Å². The fourth-order valence-electron chi connectivity index (χ4n) is 2.43. The number of rotatable bonds is 7. The highest BCUT2D eigenvalue weighted by atomic mass is 79.9. The average molecular weight is 426 g/mol. The number of aliphatic imine (C=N–C) groups is 1. The van der Waals surface area contributed by atoms with Gasteiger partial charge in [-0.1, -0.05) is 22.0 Å². The van der Waals surface area contributed by atoms with Crippen molar-refractivity contribution < 1.29 is 9.47 Å². The summed E-state index contributed by atoms with van der Waals surface area (Å²) in [7, 11) is 7.12. The second-order valence-corrected chi connectivity index (χ2v) is 7.34. The van der Waals surface area contributed by atoms with Gasteiger partial charge in [-0.25, -0.2) is 0 Å². The first kappa shape index (κ1) is 19.6. The molecule has 0 saturated heterocycles. The van der Waals surface area contributed by atoms with E-state index in [0.717, 1.165) is 29.0 Å². The third kappa shape index (κ3) is 5.37. The third-order valence-corrected chi connectivity index (χ3v) is 5.51. The van der Waals surface area contributed by atoms with Gasteiger partial charge in [0.25, 0.3) is 0 Å². The van der Waals surface area contributed by atoms with Crippen LogP contribution in [0.1, 0.15) is 10.4 Å². The maximum Gasteiger partial charge on any atom is 0.193 e. The molecule has 0 spiro atoms. The van der Waals surface area contributed by atoms with E-state index in [4.69, 9.17) is 9.47 Å². The van der Waals surface area contributed by atoms with Crippen LogP contribution < -0.4 is 14.8 Å². The van der Waals surface area contributed by atoms with Gasteiger partial charge in [0, 0.05) is 36.5 Å². The summed E-state index contributed by atoms with van der Waals surface area (Å²) in [6.07, 6.45) is 1.01. The lowest BCUT2D eigenvalue weighted by atomic mass is 10.2. The fraction of sp³-hybridized carbons (Fsp3) is 0.389. The number of ether oxygens (including phenoxy) is 2. The summed E-state index contributed by atoms with van der Waals surface area (Å²) in [6.45, 7) is 1.55. The van der Waals surface area contributed by atoms with Crippen LogP contribution >= 0.6 is 27.3 Å². The van der Waals surface area contributed by atoms with Crippen LogP contribution in [0.3, 0.4) is 0 Å². The minimum absolute atomic E-state index is 0.636. The minimum Gasteiger partial charge on any atom is -0.493 e. The van der Waals surface area contributed by atoms with E-state index in [2.05, 4.69) is 48.7 Å². The van der Waals surface area contributed by atoms with Crippen molar-refractivity contribution in [2.75, 3.05) is 34.9 Å². The smallest absolute Gasteiger partial charge is 0.193 e. The Morgan fingerprint density at radius 2 is 2.00 bits per heavy atom. The van der Waals surface area contributed by atoms with Gasteiger partial charge in [-0.15, -0.1) is 11.3 Å². The molecule has 136 valence electrons. The molecule has 0 fully saturated rings. The summed E-state index contributed by atoms with van der Waals surface area (Å²) in [6, 6.07) is 8.13. The lowest BCUT2D eigenvalue weighted by molar-refractivity contribution is 0.354. The van der Waals surface area contributed by atoms with Gasteiger partial charge < -0.3 is 19.7 Å². The van der Waals surface area contributed by atoms with E-state index >= 15 is 0 Å². The molecule has 0 aliphatic carbocycles. The second-order valence-electron chi connectivity index (χ2n) is 5.45. The topological polar surface area (TPSA) is 46.1 Å². The highest BCUT2D eigenvalue weighted by Crippen LogP contribution is 2.33. The Morgan fingerprint density at radius 1 is 1.28 bits per heavy atom. The van der Waals surface area contributed by atoms with E-state index in [1.54, 1.807) is 32.6 Å². The zero-order valence-corrected chi connectivity index (χ0v) is 17.4. The zero-order valence-electron chi connectivity index (χ0n) is 15.0. The van der Waals surface area contributed by atoms with Crippen LogP contribution in [-0.4, -0.2) is 45.7 Å². The molecule has 1 aromatic carbocycles. The highest BCUT2D eigenvalue weighted by Gasteiger charge is 2.11. The van der Waals surface area contributed by atoms with Gasteiger partial charge in [0.1, 0.15) is 0 Å². The van der Waals surface area contributed by atoms with Crippen molar-refractivity contribution in [3.8, 4) is 11.5 Å².